The number of thioether (sulfide) groups is 1. The van der Waals surface area contributed by atoms with Gasteiger partial charge in [-0.25, -0.2) is 8.42 Å². The van der Waals surface area contributed by atoms with Crippen LogP contribution in [-0.2, 0) is 14.8 Å². The highest BCUT2D eigenvalue weighted by atomic mass is 32.2. The molecule has 0 bridgehead atoms. The SMILES string of the molecule is COc1ccc(OC)c(NS(=O)(=O)c2ccc3c(c2)N(C(C)=O)C[C@H](C)S3)c1. The maximum Gasteiger partial charge on any atom is 0.262 e. The summed E-state index contributed by atoms with van der Waals surface area (Å²) in [7, 11) is -0.941. The van der Waals surface area contributed by atoms with Crippen molar-refractivity contribution in [3.8, 4) is 11.5 Å². The number of nitrogens with zero attached hydrogens (tertiary/aromatic N) is 1. The molecule has 0 radical (unpaired) electrons. The Morgan fingerprint density at radius 1 is 1.18 bits per heavy atom. The van der Waals surface area contributed by atoms with E-state index < -0.39 is 10.0 Å². The van der Waals surface area contributed by atoms with E-state index in [1.165, 1.54) is 33.3 Å². The van der Waals surface area contributed by atoms with E-state index in [1.54, 1.807) is 40.9 Å². The van der Waals surface area contributed by atoms with Crippen molar-refractivity contribution in [2.45, 2.75) is 28.9 Å². The van der Waals surface area contributed by atoms with E-state index in [0.29, 0.717) is 23.7 Å². The lowest BCUT2D eigenvalue weighted by molar-refractivity contribution is -0.116. The summed E-state index contributed by atoms with van der Waals surface area (Å²) in [4.78, 5) is 14.6. The summed E-state index contributed by atoms with van der Waals surface area (Å²) < 4.78 is 38.9. The van der Waals surface area contributed by atoms with Gasteiger partial charge in [0.25, 0.3) is 10.0 Å². The lowest BCUT2D eigenvalue weighted by Gasteiger charge is -2.32. The van der Waals surface area contributed by atoms with Gasteiger partial charge in [-0.2, -0.15) is 0 Å². The minimum Gasteiger partial charge on any atom is -0.497 e. The normalized spacial score (nSPS) is 16.3. The standard InChI is InChI=1S/C19H22N2O5S2/c1-12-11-21(13(2)22)17-10-15(6-8-19(17)27-12)28(23,24)20-16-9-14(25-3)5-7-18(16)26-4/h5-10,12,20H,11H2,1-4H3/t12-/m0/s1. The maximum absolute atomic E-state index is 13.0. The van der Waals surface area contributed by atoms with Gasteiger partial charge >= 0.3 is 0 Å². The molecular formula is C19H22N2O5S2. The van der Waals surface area contributed by atoms with Crippen LogP contribution in [0.2, 0.25) is 0 Å². The molecule has 2 aromatic rings. The van der Waals surface area contributed by atoms with Crippen LogP contribution in [-0.4, -0.2) is 40.3 Å². The third-order valence-corrected chi connectivity index (χ3v) is 6.84. The Hall–Kier alpha value is -2.39. The van der Waals surface area contributed by atoms with Gasteiger partial charge < -0.3 is 14.4 Å². The Bertz CT molecular complexity index is 1010. The number of nitrogens with one attached hydrogen (secondary N) is 1. The Balaban J connectivity index is 2.00. The minimum atomic E-state index is -3.90. The molecule has 1 aliphatic rings. The number of fused-ring (bicyclic) bond motifs is 1. The molecule has 1 heterocycles. The molecule has 1 aliphatic heterocycles. The van der Waals surface area contributed by atoms with Gasteiger partial charge in [0.05, 0.1) is 30.5 Å². The second-order valence-electron chi connectivity index (χ2n) is 6.36. The zero-order valence-corrected chi connectivity index (χ0v) is 17.7. The van der Waals surface area contributed by atoms with Crippen LogP contribution in [0.25, 0.3) is 0 Å². The Morgan fingerprint density at radius 2 is 1.93 bits per heavy atom. The first-order chi connectivity index (χ1) is 13.2. The molecule has 1 atom stereocenters. The summed E-state index contributed by atoms with van der Waals surface area (Å²) in [6, 6.07) is 9.66. The van der Waals surface area contributed by atoms with Gasteiger partial charge in [0, 0.05) is 29.7 Å². The van der Waals surface area contributed by atoms with Crippen LogP contribution in [0.4, 0.5) is 11.4 Å². The number of benzene rings is 2. The lowest BCUT2D eigenvalue weighted by Crippen LogP contribution is -2.37. The fourth-order valence-corrected chi connectivity index (χ4v) is 5.15. The monoisotopic (exact) mass is 422 g/mol. The molecule has 9 heteroatoms. The number of sulfonamides is 1. The summed E-state index contributed by atoms with van der Waals surface area (Å²) in [5.74, 6) is 0.750. The third-order valence-electron chi connectivity index (χ3n) is 4.33. The predicted octanol–water partition coefficient (Wildman–Crippen LogP) is 3.35. The summed E-state index contributed by atoms with van der Waals surface area (Å²) in [5, 5.41) is 0.234. The second kappa shape index (κ2) is 7.92. The average Bonchev–Trinajstić information content (AvgIpc) is 2.66. The molecule has 7 nitrogen and oxygen atoms in total. The molecule has 1 amide bonds. The number of ether oxygens (including phenoxy) is 2. The predicted molar refractivity (Wildman–Crippen MR) is 110 cm³/mol. The highest BCUT2D eigenvalue weighted by molar-refractivity contribution is 8.00. The number of amides is 1. The van der Waals surface area contributed by atoms with Gasteiger partial charge in [-0.15, -0.1) is 11.8 Å². The number of hydrogen-bond donors (Lipinski definition) is 1. The van der Waals surface area contributed by atoms with Gasteiger partial charge in [0.2, 0.25) is 5.91 Å². The smallest absolute Gasteiger partial charge is 0.262 e. The van der Waals surface area contributed by atoms with Crippen LogP contribution >= 0.6 is 11.8 Å². The topological polar surface area (TPSA) is 84.9 Å². The first-order valence-electron chi connectivity index (χ1n) is 8.59. The Kier molecular flexibility index (Phi) is 5.76. The lowest BCUT2D eigenvalue weighted by atomic mass is 10.2. The zero-order chi connectivity index (χ0) is 20.5. The second-order valence-corrected chi connectivity index (χ2v) is 9.52. The van der Waals surface area contributed by atoms with Crippen LogP contribution in [0.15, 0.2) is 46.2 Å². The molecule has 2 aromatic carbocycles. The first kappa shape index (κ1) is 20.3. The zero-order valence-electron chi connectivity index (χ0n) is 16.1. The summed E-state index contributed by atoms with van der Waals surface area (Å²) in [6.07, 6.45) is 0. The quantitative estimate of drug-likeness (QED) is 0.795. The molecule has 0 saturated heterocycles. The van der Waals surface area contributed by atoms with Crippen LogP contribution in [0, 0.1) is 0 Å². The van der Waals surface area contributed by atoms with Crippen LogP contribution in [0.5, 0.6) is 11.5 Å². The summed E-state index contributed by atoms with van der Waals surface area (Å²) in [6.45, 7) is 4.05. The van der Waals surface area contributed by atoms with Gasteiger partial charge in [-0.1, -0.05) is 6.92 Å². The van der Waals surface area contributed by atoms with Crippen molar-refractivity contribution in [1.29, 1.82) is 0 Å². The van der Waals surface area contributed by atoms with Crippen molar-refractivity contribution in [2.75, 3.05) is 30.4 Å². The summed E-state index contributed by atoms with van der Waals surface area (Å²) in [5.41, 5.74) is 0.877. The van der Waals surface area contributed by atoms with Crippen LogP contribution in [0.3, 0.4) is 0 Å². The molecule has 0 aliphatic carbocycles. The highest BCUT2D eigenvalue weighted by Gasteiger charge is 2.27. The van der Waals surface area contributed by atoms with E-state index in [9.17, 15) is 13.2 Å². The largest absolute Gasteiger partial charge is 0.497 e. The molecule has 150 valence electrons. The van der Waals surface area contributed by atoms with E-state index >= 15 is 0 Å². The van der Waals surface area contributed by atoms with E-state index in [0.717, 1.165) is 4.90 Å². The molecule has 0 unspecified atom stereocenters. The molecule has 0 fully saturated rings. The minimum absolute atomic E-state index is 0.0672. The summed E-state index contributed by atoms with van der Waals surface area (Å²) >= 11 is 1.62. The third kappa shape index (κ3) is 4.05. The van der Waals surface area contributed by atoms with E-state index in [-0.39, 0.29) is 21.7 Å². The molecule has 0 spiro atoms. The number of anilines is 2. The average molecular weight is 423 g/mol. The van der Waals surface area contributed by atoms with Crippen molar-refractivity contribution >= 4 is 39.1 Å². The number of carbonyl (C=O) groups is 1. The first-order valence-corrected chi connectivity index (χ1v) is 10.9. The molecular weight excluding hydrogens is 400 g/mol. The number of methoxy groups -OCH3 is 2. The Morgan fingerprint density at radius 3 is 2.57 bits per heavy atom. The maximum atomic E-state index is 13.0. The van der Waals surface area contributed by atoms with E-state index in [1.807, 2.05) is 6.92 Å². The van der Waals surface area contributed by atoms with Crippen molar-refractivity contribution in [3.63, 3.8) is 0 Å². The van der Waals surface area contributed by atoms with Crippen LogP contribution in [0.1, 0.15) is 13.8 Å². The molecule has 0 saturated carbocycles. The van der Waals surface area contributed by atoms with E-state index in [4.69, 9.17) is 9.47 Å². The number of carbonyl (C=O) groups excluding carboxylic acids is 1. The van der Waals surface area contributed by atoms with Gasteiger partial charge in [0.15, 0.2) is 0 Å². The highest BCUT2D eigenvalue weighted by Crippen LogP contribution is 2.40. The van der Waals surface area contributed by atoms with Gasteiger partial charge in [-0.05, 0) is 30.3 Å². The molecule has 28 heavy (non-hydrogen) atoms. The number of hydrogen-bond acceptors (Lipinski definition) is 6. The van der Waals surface area contributed by atoms with Gasteiger partial charge in [0.1, 0.15) is 11.5 Å². The van der Waals surface area contributed by atoms with Crippen LogP contribution < -0.4 is 19.1 Å². The Labute approximate surface area is 169 Å². The number of rotatable bonds is 5. The van der Waals surface area contributed by atoms with Crippen molar-refractivity contribution in [2.24, 2.45) is 0 Å². The fourth-order valence-electron chi connectivity index (χ4n) is 2.98. The molecule has 1 N–H and O–H groups in total. The van der Waals surface area contributed by atoms with E-state index in [2.05, 4.69) is 4.72 Å². The van der Waals surface area contributed by atoms with Crippen molar-refractivity contribution in [1.82, 2.24) is 0 Å². The molecule has 0 aromatic heterocycles. The van der Waals surface area contributed by atoms with Gasteiger partial charge in [-0.3, -0.25) is 9.52 Å². The fraction of sp³-hybridized carbons (Fsp3) is 0.316. The molecule has 3 rings (SSSR count). The van der Waals surface area contributed by atoms with Crippen molar-refractivity contribution in [3.05, 3.63) is 36.4 Å². The van der Waals surface area contributed by atoms with Crippen molar-refractivity contribution < 1.29 is 22.7 Å².